The van der Waals surface area contributed by atoms with Crippen molar-refractivity contribution in [2.24, 2.45) is 12.8 Å². The van der Waals surface area contributed by atoms with Crippen LogP contribution in [0.1, 0.15) is 23.0 Å². The maximum atomic E-state index is 11.8. The van der Waals surface area contributed by atoms with Gasteiger partial charge in [-0.15, -0.1) is 0 Å². The molecule has 0 aliphatic heterocycles. The van der Waals surface area contributed by atoms with Crippen molar-refractivity contribution >= 4 is 5.91 Å². The molecule has 1 heterocycles. The third kappa shape index (κ3) is 3.20. The van der Waals surface area contributed by atoms with E-state index in [0.717, 1.165) is 12.1 Å². The fraction of sp³-hybridized carbons (Fsp3) is 0.455. The smallest absolute Gasteiger partial charge is 0.255 e. The minimum Gasteiger partial charge on any atom is -0.348 e. The molecular formula is C11H18N4O. The highest BCUT2D eigenvalue weighted by atomic mass is 16.1. The lowest BCUT2D eigenvalue weighted by atomic mass is 10.2. The van der Waals surface area contributed by atoms with Crippen LogP contribution in [0.4, 0.5) is 0 Å². The second-order valence-electron chi connectivity index (χ2n) is 3.43. The molecule has 0 spiro atoms. The first-order chi connectivity index (χ1) is 7.69. The van der Waals surface area contributed by atoms with Gasteiger partial charge in [0.25, 0.3) is 5.91 Å². The lowest BCUT2D eigenvalue weighted by molar-refractivity contribution is 0.0957. The van der Waals surface area contributed by atoms with Gasteiger partial charge in [-0.1, -0.05) is 19.1 Å². The average Bonchev–Trinajstić information content (AvgIpc) is 2.65. The van der Waals surface area contributed by atoms with Crippen LogP contribution in [0.5, 0.6) is 0 Å². The van der Waals surface area contributed by atoms with E-state index in [-0.39, 0.29) is 5.91 Å². The molecule has 0 bridgehead atoms. The number of nitrogens with one attached hydrogen (secondary N) is 1. The van der Waals surface area contributed by atoms with E-state index in [1.165, 1.54) is 0 Å². The van der Waals surface area contributed by atoms with E-state index in [1.807, 2.05) is 26.1 Å². The van der Waals surface area contributed by atoms with E-state index in [0.29, 0.717) is 18.7 Å². The van der Waals surface area contributed by atoms with E-state index in [4.69, 9.17) is 5.73 Å². The van der Waals surface area contributed by atoms with Gasteiger partial charge in [0.1, 0.15) is 0 Å². The predicted octanol–water partition coefficient (Wildman–Crippen LogP) is 0.227. The van der Waals surface area contributed by atoms with Crippen molar-refractivity contribution in [1.29, 1.82) is 0 Å². The van der Waals surface area contributed by atoms with Gasteiger partial charge in [-0.25, -0.2) is 0 Å². The number of hydrogen-bond acceptors (Lipinski definition) is 3. The minimum absolute atomic E-state index is 0.0911. The Morgan fingerprint density at radius 1 is 1.62 bits per heavy atom. The number of aryl methyl sites for hydroxylation is 2. The summed E-state index contributed by atoms with van der Waals surface area (Å²) in [7, 11) is 1.81. The highest BCUT2D eigenvalue weighted by Crippen LogP contribution is 2.06. The largest absolute Gasteiger partial charge is 0.348 e. The predicted molar refractivity (Wildman–Crippen MR) is 63.1 cm³/mol. The Labute approximate surface area is 95.3 Å². The van der Waals surface area contributed by atoms with Crippen LogP contribution in [0.15, 0.2) is 18.3 Å². The molecule has 3 N–H and O–H groups in total. The number of rotatable bonds is 5. The van der Waals surface area contributed by atoms with Gasteiger partial charge < -0.3 is 11.1 Å². The summed E-state index contributed by atoms with van der Waals surface area (Å²) in [5, 5.41) is 7.00. The SMILES string of the molecule is CCc1nn(C)cc1C(=O)NC/C=C/CN. The molecule has 5 nitrogen and oxygen atoms in total. The lowest BCUT2D eigenvalue weighted by Gasteiger charge is -2.00. The summed E-state index contributed by atoms with van der Waals surface area (Å²) in [5.74, 6) is -0.0911. The first-order valence-electron chi connectivity index (χ1n) is 5.34. The summed E-state index contributed by atoms with van der Waals surface area (Å²) in [6.45, 7) is 2.96. The Balaban J connectivity index is 2.61. The van der Waals surface area contributed by atoms with Crippen LogP contribution < -0.4 is 11.1 Å². The van der Waals surface area contributed by atoms with E-state index >= 15 is 0 Å². The molecule has 1 rings (SSSR count). The van der Waals surface area contributed by atoms with Crippen molar-refractivity contribution in [3.8, 4) is 0 Å². The van der Waals surface area contributed by atoms with E-state index in [2.05, 4.69) is 10.4 Å². The van der Waals surface area contributed by atoms with Crippen LogP contribution >= 0.6 is 0 Å². The number of carbonyl (C=O) groups excluding carboxylic acids is 1. The first kappa shape index (κ1) is 12.4. The van der Waals surface area contributed by atoms with Gasteiger partial charge in [0, 0.05) is 26.3 Å². The maximum absolute atomic E-state index is 11.8. The Morgan fingerprint density at radius 3 is 3.00 bits per heavy atom. The van der Waals surface area contributed by atoms with E-state index in [9.17, 15) is 4.79 Å². The molecule has 1 amide bonds. The van der Waals surface area contributed by atoms with Gasteiger partial charge in [0.05, 0.1) is 11.3 Å². The Hall–Kier alpha value is -1.62. The molecule has 1 aromatic heterocycles. The molecule has 1 aromatic rings. The molecule has 0 aliphatic carbocycles. The number of carbonyl (C=O) groups is 1. The Bertz CT molecular complexity index is 381. The molecule has 0 radical (unpaired) electrons. The summed E-state index contributed by atoms with van der Waals surface area (Å²) in [4.78, 5) is 11.8. The second-order valence-corrected chi connectivity index (χ2v) is 3.43. The highest BCUT2D eigenvalue weighted by Gasteiger charge is 2.12. The molecule has 88 valence electrons. The molecular weight excluding hydrogens is 204 g/mol. The third-order valence-electron chi connectivity index (χ3n) is 2.17. The molecule has 0 aliphatic rings. The number of amides is 1. The van der Waals surface area contributed by atoms with Crippen molar-refractivity contribution in [2.45, 2.75) is 13.3 Å². The molecule has 16 heavy (non-hydrogen) atoms. The zero-order valence-corrected chi connectivity index (χ0v) is 9.73. The van der Waals surface area contributed by atoms with Crippen molar-refractivity contribution in [1.82, 2.24) is 15.1 Å². The Kier molecular flexibility index (Phi) is 4.72. The van der Waals surface area contributed by atoms with Gasteiger partial charge in [0.15, 0.2) is 0 Å². The van der Waals surface area contributed by atoms with Gasteiger partial charge in [-0.3, -0.25) is 9.48 Å². The fourth-order valence-corrected chi connectivity index (χ4v) is 1.41. The summed E-state index contributed by atoms with van der Waals surface area (Å²) >= 11 is 0. The van der Waals surface area contributed by atoms with Crippen molar-refractivity contribution in [2.75, 3.05) is 13.1 Å². The molecule has 0 saturated heterocycles. The highest BCUT2D eigenvalue weighted by molar-refractivity contribution is 5.95. The number of hydrogen-bond donors (Lipinski definition) is 2. The second kappa shape index (κ2) is 6.07. The third-order valence-corrected chi connectivity index (χ3v) is 2.17. The van der Waals surface area contributed by atoms with Crippen LogP contribution in [0.3, 0.4) is 0 Å². The topological polar surface area (TPSA) is 72.9 Å². The molecule has 0 saturated carbocycles. The summed E-state index contributed by atoms with van der Waals surface area (Å²) in [5.41, 5.74) is 6.76. The monoisotopic (exact) mass is 222 g/mol. The standard InChI is InChI=1S/C11H18N4O/c1-3-10-9(8-15(2)14-10)11(16)13-7-5-4-6-12/h4-5,8H,3,6-7,12H2,1-2H3,(H,13,16)/b5-4+. The fourth-order valence-electron chi connectivity index (χ4n) is 1.41. The van der Waals surface area contributed by atoms with Crippen molar-refractivity contribution in [3.05, 3.63) is 29.6 Å². The summed E-state index contributed by atoms with van der Waals surface area (Å²) < 4.78 is 1.66. The molecule has 0 fully saturated rings. The number of nitrogens with zero attached hydrogens (tertiary/aromatic N) is 2. The van der Waals surface area contributed by atoms with Gasteiger partial charge in [0.2, 0.25) is 0 Å². The van der Waals surface area contributed by atoms with E-state index < -0.39 is 0 Å². The minimum atomic E-state index is -0.0911. The van der Waals surface area contributed by atoms with Crippen molar-refractivity contribution < 1.29 is 4.79 Å². The first-order valence-corrected chi connectivity index (χ1v) is 5.34. The average molecular weight is 222 g/mol. The van der Waals surface area contributed by atoms with Crippen LogP contribution in [-0.4, -0.2) is 28.8 Å². The molecule has 0 aromatic carbocycles. The summed E-state index contributed by atoms with van der Waals surface area (Å²) in [6, 6.07) is 0. The number of aromatic nitrogens is 2. The summed E-state index contributed by atoms with van der Waals surface area (Å²) in [6.07, 6.45) is 6.13. The zero-order chi connectivity index (χ0) is 12.0. The van der Waals surface area contributed by atoms with E-state index in [1.54, 1.807) is 10.9 Å². The van der Waals surface area contributed by atoms with Gasteiger partial charge in [-0.2, -0.15) is 5.10 Å². The van der Waals surface area contributed by atoms with Crippen LogP contribution in [0.2, 0.25) is 0 Å². The van der Waals surface area contributed by atoms with Crippen LogP contribution in [-0.2, 0) is 13.5 Å². The normalized spacial score (nSPS) is 10.9. The quantitative estimate of drug-likeness (QED) is 0.700. The zero-order valence-electron chi connectivity index (χ0n) is 9.73. The maximum Gasteiger partial charge on any atom is 0.255 e. The molecule has 0 atom stereocenters. The number of nitrogens with two attached hydrogens (primary N) is 1. The van der Waals surface area contributed by atoms with Gasteiger partial charge in [-0.05, 0) is 6.42 Å². The van der Waals surface area contributed by atoms with Crippen LogP contribution in [0, 0.1) is 0 Å². The van der Waals surface area contributed by atoms with Crippen LogP contribution in [0.25, 0.3) is 0 Å². The lowest BCUT2D eigenvalue weighted by Crippen LogP contribution is -2.24. The van der Waals surface area contributed by atoms with Gasteiger partial charge >= 0.3 is 0 Å². The molecule has 0 unspecified atom stereocenters. The molecule has 5 heteroatoms. The Morgan fingerprint density at radius 2 is 2.38 bits per heavy atom. The van der Waals surface area contributed by atoms with Crippen molar-refractivity contribution in [3.63, 3.8) is 0 Å².